The Hall–Kier alpha value is -2.73. The second-order valence-corrected chi connectivity index (χ2v) is 8.38. The maximum Gasteiger partial charge on any atom is 0.225 e. The van der Waals surface area contributed by atoms with E-state index in [1.54, 1.807) is 0 Å². The Labute approximate surface area is 173 Å². The summed E-state index contributed by atoms with van der Waals surface area (Å²) in [5.74, 6) is 1.54. The SMILES string of the molecule is CC1CCCN(c2ncc(-c3cncn3Cc3ccccc3CN(C)C)cn2)C1. The van der Waals surface area contributed by atoms with Gasteiger partial charge in [-0.1, -0.05) is 31.2 Å². The van der Waals surface area contributed by atoms with Crippen molar-refractivity contribution in [3.63, 3.8) is 0 Å². The highest BCUT2D eigenvalue weighted by molar-refractivity contribution is 5.57. The second-order valence-electron chi connectivity index (χ2n) is 8.38. The van der Waals surface area contributed by atoms with Crippen LogP contribution in [0.4, 0.5) is 5.95 Å². The van der Waals surface area contributed by atoms with E-state index in [1.165, 1.54) is 24.0 Å². The normalized spacial score (nSPS) is 17.1. The van der Waals surface area contributed by atoms with Crippen LogP contribution in [0.15, 0.2) is 49.2 Å². The van der Waals surface area contributed by atoms with E-state index in [0.29, 0.717) is 5.92 Å². The van der Waals surface area contributed by atoms with Crippen molar-refractivity contribution in [2.24, 2.45) is 5.92 Å². The monoisotopic (exact) mass is 390 g/mol. The number of nitrogens with zero attached hydrogens (tertiary/aromatic N) is 6. The van der Waals surface area contributed by atoms with Gasteiger partial charge < -0.3 is 14.4 Å². The predicted octanol–water partition coefficient (Wildman–Crippen LogP) is 3.69. The Kier molecular flexibility index (Phi) is 5.90. The molecule has 1 aliphatic rings. The van der Waals surface area contributed by atoms with Crippen LogP contribution in [0.2, 0.25) is 0 Å². The van der Waals surface area contributed by atoms with E-state index in [9.17, 15) is 0 Å². The smallest absolute Gasteiger partial charge is 0.225 e. The van der Waals surface area contributed by atoms with E-state index in [0.717, 1.165) is 43.4 Å². The van der Waals surface area contributed by atoms with Gasteiger partial charge in [0.05, 0.1) is 18.2 Å². The van der Waals surface area contributed by atoms with Gasteiger partial charge in [0, 0.05) is 44.1 Å². The molecule has 4 rings (SSSR count). The Morgan fingerprint density at radius 2 is 1.83 bits per heavy atom. The zero-order chi connectivity index (χ0) is 20.2. The Morgan fingerprint density at radius 3 is 2.55 bits per heavy atom. The summed E-state index contributed by atoms with van der Waals surface area (Å²) in [5.41, 5.74) is 4.69. The second kappa shape index (κ2) is 8.74. The first-order valence-corrected chi connectivity index (χ1v) is 10.4. The third-order valence-corrected chi connectivity index (χ3v) is 5.53. The van der Waals surface area contributed by atoms with Gasteiger partial charge in [-0.15, -0.1) is 0 Å². The molecule has 0 bridgehead atoms. The number of rotatable bonds is 6. The van der Waals surface area contributed by atoms with Crippen LogP contribution in [0.5, 0.6) is 0 Å². The van der Waals surface area contributed by atoms with Gasteiger partial charge in [-0.25, -0.2) is 15.0 Å². The van der Waals surface area contributed by atoms with Crippen molar-refractivity contribution in [3.05, 3.63) is 60.3 Å². The number of aromatic nitrogens is 4. The number of imidazole rings is 1. The molecule has 6 heteroatoms. The first-order valence-electron chi connectivity index (χ1n) is 10.4. The van der Waals surface area contributed by atoms with Crippen LogP contribution >= 0.6 is 0 Å². The molecule has 0 N–H and O–H groups in total. The lowest BCUT2D eigenvalue weighted by molar-refractivity contribution is 0.400. The number of piperidine rings is 1. The zero-order valence-corrected chi connectivity index (χ0v) is 17.6. The van der Waals surface area contributed by atoms with E-state index in [2.05, 4.69) is 74.6 Å². The van der Waals surface area contributed by atoms with Crippen molar-refractivity contribution in [2.45, 2.75) is 32.9 Å². The maximum atomic E-state index is 4.66. The summed E-state index contributed by atoms with van der Waals surface area (Å²) in [7, 11) is 4.20. The quantitative estimate of drug-likeness (QED) is 0.643. The number of anilines is 1. The molecule has 1 unspecified atom stereocenters. The summed E-state index contributed by atoms with van der Waals surface area (Å²) in [4.78, 5) is 18.2. The lowest BCUT2D eigenvalue weighted by Crippen LogP contribution is -2.35. The summed E-state index contributed by atoms with van der Waals surface area (Å²) in [6, 6.07) is 8.59. The molecule has 0 aliphatic carbocycles. The summed E-state index contributed by atoms with van der Waals surface area (Å²) < 4.78 is 2.18. The van der Waals surface area contributed by atoms with Crippen molar-refractivity contribution >= 4 is 5.95 Å². The molecular formula is C23H30N6. The van der Waals surface area contributed by atoms with Crippen LogP contribution in [0.3, 0.4) is 0 Å². The molecule has 1 aromatic carbocycles. The minimum atomic E-state index is 0.704. The highest BCUT2D eigenvalue weighted by Crippen LogP contribution is 2.23. The molecule has 3 aromatic rings. The molecule has 2 aromatic heterocycles. The molecule has 0 spiro atoms. The van der Waals surface area contributed by atoms with E-state index in [4.69, 9.17) is 0 Å². The number of benzene rings is 1. The largest absolute Gasteiger partial charge is 0.341 e. The molecule has 0 radical (unpaired) electrons. The average Bonchev–Trinajstić information content (AvgIpc) is 3.17. The molecule has 0 saturated carbocycles. The fourth-order valence-corrected chi connectivity index (χ4v) is 4.07. The molecule has 152 valence electrons. The standard InChI is InChI=1S/C23H30N6/c1-18-7-6-10-28(14-18)23-25-11-21(12-26-23)22-13-24-17-29(22)16-20-9-5-4-8-19(20)15-27(2)3/h4-5,8-9,11-13,17-18H,6-7,10,14-16H2,1-3H3. The highest BCUT2D eigenvalue weighted by Gasteiger charge is 2.19. The molecule has 3 heterocycles. The van der Waals surface area contributed by atoms with Crippen LogP contribution < -0.4 is 4.90 Å². The van der Waals surface area contributed by atoms with Gasteiger partial charge in [0.25, 0.3) is 0 Å². The summed E-state index contributed by atoms with van der Waals surface area (Å²) in [6.45, 7) is 6.09. The van der Waals surface area contributed by atoms with Gasteiger partial charge in [0.15, 0.2) is 0 Å². The van der Waals surface area contributed by atoms with Crippen LogP contribution in [0.1, 0.15) is 30.9 Å². The van der Waals surface area contributed by atoms with Crippen LogP contribution in [-0.2, 0) is 13.1 Å². The van der Waals surface area contributed by atoms with E-state index in [1.807, 2.05) is 24.9 Å². The van der Waals surface area contributed by atoms with E-state index in [-0.39, 0.29) is 0 Å². The summed E-state index contributed by atoms with van der Waals surface area (Å²) >= 11 is 0. The Balaban J connectivity index is 1.54. The van der Waals surface area contributed by atoms with Gasteiger partial charge >= 0.3 is 0 Å². The topological polar surface area (TPSA) is 50.1 Å². The number of hydrogen-bond donors (Lipinski definition) is 0. The third-order valence-electron chi connectivity index (χ3n) is 5.53. The minimum Gasteiger partial charge on any atom is -0.341 e. The van der Waals surface area contributed by atoms with Crippen LogP contribution in [0, 0.1) is 5.92 Å². The van der Waals surface area contributed by atoms with Crippen LogP contribution in [-0.4, -0.2) is 51.6 Å². The molecule has 6 nitrogen and oxygen atoms in total. The third kappa shape index (κ3) is 4.65. The molecule has 1 saturated heterocycles. The lowest BCUT2D eigenvalue weighted by Gasteiger charge is -2.30. The average molecular weight is 391 g/mol. The number of hydrogen-bond acceptors (Lipinski definition) is 5. The summed E-state index contributed by atoms with van der Waals surface area (Å²) in [6.07, 6.45) is 10.2. The van der Waals surface area contributed by atoms with Crippen molar-refractivity contribution < 1.29 is 0 Å². The molecule has 29 heavy (non-hydrogen) atoms. The molecule has 1 atom stereocenters. The Morgan fingerprint density at radius 1 is 1.07 bits per heavy atom. The van der Waals surface area contributed by atoms with Crippen molar-refractivity contribution in [1.29, 1.82) is 0 Å². The zero-order valence-electron chi connectivity index (χ0n) is 17.6. The lowest BCUT2D eigenvalue weighted by atomic mass is 10.0. The molecule has 0 amide bonds. The molecule has 1 aliphatic heterocycles. The van der Waals surface area contributed by atoms with Gasteiger partial charge in [-0.05, 0) is 44.0 Å². The minimum absolute atomic E-state index is 0.704. The van der Waals surface area contributed by atoms with Gasteiger partial charge in [0.2, 0.25) is 5.95 Å². The maximum absolute atomic E-state index is 4.66. The first kappa shape index (κ1) is 19.6. The molecular weight excluding hydrogens is 360 g/mol. The fourth-order valence-electron chi connectivity index (χ4n) is 4.07. The highest BCUT2D eigenvalue weighted by atomic mass is 15.2. The van der Waals surface area contributed by atoms with Crippen molar-refractivity contribution in [3.8, 4) is 11.3 Å². The van der Waals surface area contributed by atoms with E-state index >= 15 is 0 Å². The van der Waals surface area contributed by atoms with Gasteiger partial charge in [-0.3, -0.25) is 0 Å². The van der Waals surface area contributed by atoms with Crippen molar-refractivity contribution in [1.82, 2.24) is 24.4 Å². The van der Waals surface area contributed by atoms with Crippen molar-refractivity contribution in [2.75, 3.05) is 32.1 Å². The Bertz CT molecular complexity index is 931. The van der Waals surface area contributed by atoms with Crippen LogP contribution in [0.25, 0.3) is 11.3 Å². The van der Waals surface area contributed by atoms with Gasteiger partial charge in [0.1, 0.15) is 0 Å². The fraction of sp³-hybridized carbons (Fsp3) is 0.435. The molecule has 1 fully saturated rings. The summed E-state index contributed by atoms with van der Waals surface area (Å²) in [5, 5.41) is 0. The predicted molar refractivity (Wildman–Crippen MR) is 117 cm³/mol. The van der Waals surface area contributed by atoms with E-state index < -0.39 is 0 Å². The first-order chi connectivity index (χ1) is 14.1. The van der Waals surface area contributed by atoms with Gasteiger partial charge in [-0.2, -0.15) is 0 Å².